The minimum Gasteiger partial charge on any atom is -0.332 e. The van der Waals surface area contributed by atoms with Gasteiger partial charge >= 0.3 is 0 Å². The molecule has 0 unspecified atom stereocenters. The molecule has 19 heavy (non-hydrogen) atoms. The van der Waals surface area contributed by atoms with Crippen LogP contribution < -0.4 is 5.73 Å². The molecule has 0 fully saturated rings. The molecular formula is C12H13ClN4O2. The Kier molecular flexibility index (Phi) is 4.13. The number of nitrogens with two attached hydrogens (primary N) is 1. The van der Waals surface area contributed by atoms with Crippen LogP contribution in [0, 0.1) is 10.1 Å². The van der Waals surface area contributed by atoms with Crippen LogP contribution in [0.3, 0.4) is 0 Å². The summed E-state index contributed by atoms with van der Waals surface area (Å²) in [7, 11) is 0. The summed E-state index contributed by atoms with van der Waals surface area (Å²) >= 11 is 6.03. The number of aromatic nitrogens is 2. The Labute approximate surface area is 115 Å². The summed E-state index contributed by atoms with van der Waals surface area (Å²) in [5.41, 5.74) is 6.80. The van der Waals surface area contributed by atoms with Gasteiger partial charge in [0, 0.05) is 18.7 Å². The minimum atomic E-state index is -0.432. The molecule has 1 aromatic heterocycles. The summed E-state index contributed by atoms with van der Waals surface area (Å²) in [6.07, 6.45) is 4.12. The van der Waals surface area contributed by atoms with E-state index in [2.05, 4.69) is 4.98 Å². The number of halogens is 1. The summed E-state index contributed by atoms with van der Waals surface area (Å²) in [6.45, 7) is 0.830. The fraction of sp³-hybridized carbons (Fsp3) is 0.250. The maximum Gasteiger partial charge on any atom is 0.275 e. The van der Waals surface area contributed by atoms with E-state index in [1.807, 2.05) is 6.20 Å². The van der Waals surface area contributed by atoms with Gasteiger partial charge in [0.1, 0.15) is 0 Å². The van der Waals surface area contributed by atoms with E-state index in [0.717, 1.165) is 5.69 Å². The predicted octanol–water partition coefficient (Wildman–Crippen LogP) is 1.99. The second-order valence-corrected chi connectivity index (χ2v) is 4.48. The average Bonchev–Trinajstić information content (AvgIpc) is 2.79. The molecule has 1 heterocycles. The highest BCUT2D eigenvalue weighted by atomic mass is 35.5. The standard InChI is InChI=1S/C12H13ClN4O2/c13-11-2-1-3-12(17(18)19)10(11)7-16-6-9(4-5-14)15-8-16/h1-3,6,8H,4-5,7,14H2. The summed E-state index contributed by atoms with van der Waals surface area (Å²) in [5.74, 6) is 0. The average molecular weight is 281 g/mol. The Hall–Kier alpha value is -1.92. The van der Waals surface area contributed by atoms with Gasteiger partial charge in [-0.05, 0) is 12.6 Å². The number of nitrogens with zero attached hydrogens (tertiary/aromatic N) is 3. The number of benzene rings is 1. The van der Waals surface area contributed by atoms with Crippen molar-refractivity contribution in [1.29, 1.82) is 0 Å². The highest BCUT2D eigenvalue weighted by Crippen LogP contribution is 2.27. The third kappa shape index (κ3) is 3.10. The van der Waals surface area contributed by atoms with Crippen LogP contribution in [0.4, 0.5) is 5.69 Å². The molecule has 0 saturated heterocycles. The molecule has 0 atom stereocenters. The molecule has 7 heteroatoms. The summed E-state index contributed by atoms with van der Waals surface area (Å²) in [4.78, 5) is 14.7. The summed E-state index contributed by atoms with van der Waals surface area (Å²) < 4.78 is 1.76. The van der Waals surface area contributed by atoms with E-state index < -0.39 is 4.92 Å². The number of hydrogen-bond acceptors (Lipinski definition) is 4. The van der Waals surface area contributed by atoms with Crippen molar-refractivity contribution < 1.29 is 4.92 Å². The first-order valence-electron chi connectivity index (χ1n) is 5.74. The van der Waals surface area contributed by atoms with Crippen molar-refractivity contribution in [2.75, 3.05) is 6.54 Å². The lowest BCUT2D eigenvalue weighted by atomic mass is 10.2. The van der Waals surface area contributed by atoms with Crippen LogP contribution in [0.25, 0.3) is 0 Å². The van der Waals surface area contributed by atoms with E-state index in [1.165, 1.54) is 6.07 Å². The number of nitro benzene ring substituents is 1. The van der Waals surface area contributed by atoms with E-state index in [1.54, 1.807) is 23.0 Å². The van der Waals surface area contributed by atoms with Crippen LogP contribution in [0.2, 0.25) is 5.02 Å². The Balaban J connectivity index is 2.29. The molecule has 0 saturated carbocycles. The molecule has 1 aromatic carbocycles. The lowest BCUT2D eigenvalue weighted by Crippen LogP contribution is -2.04. The largest absolute Gasteiger partial charge is 0.332 e. The third-order valence-electron chi connectivity index (χ3n) is 2.72. The topological polar surface area (TPSA) is 87.0 Å². The van der Waals surface area contributed by atoms with Crippen molar-refractivity contribution >= 4 is 17.3 Å². The lowest BCUT2D eigenvalue weighted by molar-refractivity contribution is -0.385. The normalized spacial score (nSPS) is 10.6. The molecule has 0 aliphatic heterocycles. The van der Waals surface area contributed by atoms with Crippen molar-refractivity contribution in [2.24, 2.45) is 5.73 Å². The maximum atomic E-state index is 11.0. The number of rotatable bonds is 5. The van der Waals surface area contributed by atoms with Crippen molar-refractivity contribution in [1.82, 2.24) is 9.55 Å². The van der Waals surface area contributed by atoms with Crippen LogP contribution in [0.5, 0.6) is 0 Å². The Bertz CT molecular complexity index is 597. The summed E-state index contributed by atoms with van der Waals surface area (Å²) in [5, 5.41) is 11.4. The van der Waals surface area contributed by atoms with Crippen molar-refractivity contribution in [3.8, 4) is 0 Å². The molecular weight excluding hydrogens is 268 g/mol. The van der Waals surface area contributed by atoms with E-state index in [-0.39, 0.29) is 5.69 Å². The number of hydrogen-bond donors (Lipinski definition) is 1. The number of nitro groups is 1. The third-order valence-corrected chi connectivity index (χ3v) is 3.07. The second kappa shape index (κ2) is 5.81. The molecule has 6 nitrogen and oxygen atoms in total. The van der Waals surface area contributed by atoms with Crippen molar-refractivity contribution in [3.05, 3.63) is 57.1 Å². The monoisotopic (exact) mass is 280 g/mol. The van der Waals surface area contributed by atoms with E-state index in [9.17, 15) is 10.1 Å². The van der Waals surface area contributed by atoms with Gasteiger partial charge in [-0.25, -0.2) is 4.98 Å². The van der Waals surface area contributed by atoms with Crippen LogP contribution in [-0.4, -0.2) is 21.0 Å². The van der Waals surface area contributed by atoms with Crippen molar-refractivity contribution in [3.63, 3.8) is 0 Å². The maximum absolute atomic E-state index is 11.0. The first-order valence-corrected chi connectivity index (χ1v) is 6.12. The van der Waals surface area contributed by atoms with Crippen LogP contribution in [-0.2, 0) is 13.0 Å². The highest BCUT2D eigenvalue weighted by molar-refractivity contribution is 6.31. The molecule has 0 radical (unpaired) electrons. The first kappa shape index (κ1) is 13.5. The molecule has 0 aliphatic carbocycles. The molecule has 0 bridgehead atoms. The van der Waals surface area contributed by atoms with Gasteiger partial charge in [-0.1, -0.05) is 17.7 Å². The van der Waals surface area contributed by atoms with Gasteiger partial charge < -0.3 is 10.3 Å². The smallest absolute Gasteiger partial charge is 0.275 e. The zero-order valence-corrected chi connectivity index (χ0v) is 10.9. The van der Waals surface area contributed by atoms with Crippen LogP contribution >= 0.6 is 11.6 Å². The second-order valence-electron chi connectivity index (χ2n) is 4.07. The fourth-order valence-electron chi connectivity index (χ4n) is 1.83. The fourth-order valence-corrected chi connectivity index (χ4v) is 2.06. The Morgan fingerprint density at radius 1 is 1.47 bits per heavy atom. The minimum absolute atomic E-state index is 0.0153. The van der Waals surface area contributed by atoms with Gasteiger partial charge in [0.05, 0.1) is 34.1 Å². The zero-order valence-electron chi connectivity index (χ0n) is 10.1. The molecule has 0 amide bonds. The first-order chi connectivity index (χ1) is 9.11. The van der Waals surface area contributed by atoms with Crippen LogP contribution in [0.1, 0.15) is 11.3 Å². The summed E-state index contributed by atoms with van der Waals surface area (Å²) in [6, 6.07) is 4.65. The molecule has 0 spiro atoms. The SMILES string of the molecule is NCCc1cn(Cc2c(Cl)cccc2[N+](=O)[O-])cn1. The van der Waals surface area contributed by atoms with E-state index in [0.29, 0.717) is 30.1 Å². The van der Waals surface area contributed by atoms with Gasteiger partial charge in [-0.15, -0.1) is 0 Å². The van der Waals surface area contributed by atoms with Gasteiger partial charge in [-0.2, -0.15) is 0 Å². The molecule has 2 N–H and O–H groups in total. The van der Waals surface area contributed by atoms with Crippen molar-refractivity contribution in [2.45, 2.75) is 13.0 Å². The Morgan fingerprint density at radius 3 is 2.95 bits per heavy atom. The zero-order chi connectivity index (χ0) is 13.8. The van der Waals surface area contributed by atoms with Gasteiger partial charge in [-0.3, -0.25) is 10.1 Å². The molecule has 2 aromatic rings. The quantitative estimate of drug-likeness (QED) is 0.670. The van der Waals surface area contributed by atoms with Crippen LogP contribution in [0.15, 0.2) is 30.7 Å². The molecule has 100 valence electrons. The predicted molar refractivity (Wildman–Crippen MR) is 72.2 cm³/mol. The van der Waals surface area contributed by atoms with E-state index >= 15 is 0 Å². The highest BCUT2D eigenvalue weighted by Gasteiger charge is 2.16. The molecule has 2 rings (SSSR count). The van der Waals surface area contributed by atoms with E-state index in [4.69, 9.17) is 17.3 Å². The Morgan fingerprint density at radius 2 is 2.26 bits per heavy atom. The molecule has 0 aliphatic rings. The lowest BCUT2D eigenvalue weighted by Gasteiger charge is -2.05. The number of imidazole rings is 1. The van der Waals surface area contributed by atoms with Gasteiger partial charge in [0.25, 0.3) is 5.69 Å². The van der Waals surface area contributed by atoms with Gasteiger partial charge in [0.15, 0.2) is 0 Å². The van der Waals surface area contributed by atoms with Gasteiger partial charge in [0.2, 0.25) is 0 Å².